The normalized spacial score (nSPS) is 10.2. The molecule has 0 unspecified atom stereocenters. The van der Waals surface area contributed by atoms with Crippen LogP contribution in [0.2, 0.25) is 5.02 Å². The first-order valence-electron chi connectivity index (χ1n) is 5.72. The summed E-state index contributed by atoms with van der Waals surface area (Å²) in [6.07, 6.45) is 0. The zero-order chi connectivity index (χ0) is 14.7. The molecule has 0 amide bonds. The number of carbonyl (C=O) groups excluding carboxylic acids is 1. The van der Waals surface area contributed by atoms with Crippen molar-refractivity contribution >= 4 is 34.6 Å². The lowest BCUT2D eigenvalue weighted by Gasteiger charge is -2.13. The van der Waals surface area contributed by atoms with E-state index in [0.717, 1.165) is 0 Å². The Labute approximate surface area is 120 Å². The first-order valence-corrected chi connectivity index (χ1v) is 6.09. The lowest BCUT2D eigenvalue weighted by Crippen LogP contribution is -2.08. The second-order valence-corrected chi connectivity index (χ2v) is 4.42. The Morgan fingerprint density at radius 2 is 2.10 bits per heavy atom. The molecule has 0 aliphatic carbocycles. The van der Waals surface area contributed by atoms with Crippen LogP contribution in [-0.4, -0.2) is 13.1 Å². The van der Waals surface area contributed by atoms with E-state index in [1.807, 2.05) is 0 Å². The van der Waals surface area contributed by atoms with Crippen LogP contribution in [0.15, 0.2) is 36.4 Å². The number of nitrogens with two attached hydrogens (primary N) is 1. The molecule has 20 heavy (non-hydrogen) atoms. The number of anilines is 3. The summed E-state index contributed by atoms with van der Waals surface area (Å²) in [6, 6.07) is 8.99. The largest absolute Gasteiger partial charge is 0.465 e. The van der Waals surface area contributed by atoms with Gasteiger partial charge in [0.25, 0.3) is 0 Å². The quantitative estimate of drug-likeness (QED) is 0.671. The maximum atomic E-state index is 13.1. The van der Waals surface area contributed by atoms with Crippen LogP contribution in [0.1, 0.15) is 10.4 Å². The number of rotatable bonds is 3. The minimum Gasteiger partial charge on any atom is -0.465 e. The minimum atomic E-state index is -0.522. The van der Waals surface area contributed by atoms with Crippen LogP contribution in [0.25, 0.3) is 0 Å². The van der Waals surface area contributed by atoms with Crippen molar-refractivity contribution in [3.05, 3.63) is 52.8 Å². The number of methoxy groups -OCH3 is 1. The van der Waals surface area contributed by atoms with E-state index in [1.165, 1.54) is 25.3 Å². The van der Waals surface area contributed by atoms with Gasteiger partial charge < -0.3 is 15.8 Å². The van der Waals surface area contributed by atoms with Gasteiger partial charge in [0.2, 0.25) is 0 Å². The molecule has 0 saturated carbocycles. The van der Waals surface area contributed by atoms with E-state index in [-0.39, 0.29) is 10.6 Å². The second-order valence-electron chi connectivity index (χ2n) is 4.02. The van der Waals surface area contributed by atoms with E-state index < -0.39 is 11.8 Å². The zero-order valence-electron chi connectivity index (χ0n) is 10.6. The molecule has 104 valence electrons. The number of carbonyl (C=O) groups is 1. The lowest BCUT2D eigenvalue weighted by molar-refractivity contribution is 0.0602. The highest BCUT2D eigenvalue weighted by atomic mass is 35.5. The topological polar surface area (TPSA) is 64.3 Å². The van der Waals surface area contributed by atoms with E-state index in [9.17, 15) is 9.18 Å². The summed E-state index contributed by atoms with van der Waals surface area (Å²) in [5, 5.41) is 2.92. The predicted octanol–water partition coefficient (Wildman–Crippen LogP) is 3.59. The fourth-order valence-electron chi connectivity index (χ4n) is 1.71. The van der Waals surface area contributed by atoms with Crippen LogP contribution in [-0.2, 0) is 4.74 Å². The van der Waals surface area contributed by atoms with Gasteiger partial charge in [-0.15, -0.1) is 0 Å². The van der Waals surface area contributed by atoms with Gasteiger partial charge in [-0.25, -0.2) is 9.18 Å². The minimum absolute atomic E-state index is 0.0240. The van der Waals surface area contributed by atoms with Gasteiger partial charge in [0.15, 0.2) is 0 Å². The molecular formula is C14H12ClFN2O2. The van der Waals surface area contributed by atoms with Crippen molar-refractivity contribution in [3.8, 4) is 0 Å². The maximum Gasteiger partial charge on any atom is 0.340 e. The average molecular weight is 295 g/mol. The van der Waals surface area contributed by atoms with E-state index in [2.05, 4.69) is 5.32 Å². The highest BCUT2D eigenvalue weighted by molar-refractivity contribution is 6.31. The SMILES string of the molecule is COC(=O)c1cccc(N)c1Nc1ccc(F)c(Cl)c1. The van der Waals surface area contributed by atoms with Gasteiger partial charge in [-0.2, -0.15) is 0 Å². The smallest absolute Gasteiger partial charge is 0.340 e. The summed E-state index contributed by atoms with van der Waals surface area (Å²) in [5.41, 5.74) is 7.41. The van der Waals surface area contributed by atoms with Crippen LogP contribution < -0.4 is 11.1 Å². The standard InChI is InChI=1S/C14H12ClFN2O2/c1-20-14(19)9-3-2-4-12(17)13(9)18-8-5-6-11(16)10(15)7-8/h2-7,18H,17H2,1H3. The molecule has 2 aromatic carbocycles. The molecule has 2 aromatic rings. The van der Waals surface area contributed by atoms with Crippen molar-refractivity contribution in [2.45, 2.75) is 0 Å². The van der Waals surface area contributed by atoms with E-state index in [0.29, 0.717) is 17.1 Å². The fourth-order valence-corrected chi connectivity index (χ4v) is 1.89. The van der Waals surface area contributed by atoms with Gasteiger partial charge in [0, 0.05) is 5.69 Å². The number of hydrogen-bond donors (Lipinski definition) is 2. The molecule has 0 saturated heterocycles. The number of nitrogen functional groups attached to an aromatic ring is 1. The third-order valence-electron chi connectivity index (χ3n) is 2.69. The van der Waals surface area contributed by atoms with E-state index in [1.54, 1.807) is 18.2 Å². The molecule has 2 rings (SSSR count). The molecule has 0 spiro atoms. The fraction of sp³-hybridized carbons (Fsp3) is 0.0714. The molecule has 4 nitrogen and oxygen atoms in total. The summed E-state index contributed by atoms with van der Waals surface area (Å²) in [7, 11) is 1.28. The van der Waals surface area contributed by atoms with Gasteiger partial charge in [-0.05, 0) is 30.3 Å². The Bertz CT molecular complexity index is 662. The zero-order valence-corrected chi connectivity index (χ0v) is 11.4. The molecular weight excluding hydrogens is 283 g/mol. The third-order valence-corrected chi connectivity index (χ3v) is 2.98. The van der Waals surface area contributed by atoms with Gasteiger partial charge in [-0.3, -0.25) is 0 Å². The van der Waals surface area contributed by atoms with Crippen molar-refractivity contribution in [1.29, 1.82) is 0 Å². The first-order chi connectivity index (χ1) is 9.52. The molecule has 0 atom stereocenters. The number of benzene rings is 2. The molecule has 6 heteroatoms. The Morgan fingerprint density at radius 3 is 2.75 bits per heavy atom. The number of esters is 1. The lowest BCUT2D eigenvalue weighted by atomic mass is 10.1. The van der Waals surface area contributed by atoms with Crippen LogP contribution in [0.4, 0.5) is 21.5 Å². The first kappa shape index (κ1) is 14.1. The Balaban J connectivity index is 2.42. The molecule has 0 aliphatic rings. The van der Waals surface area contributed by atoms with Crippen molar-refractivity contribution in [2.24, 2.45) is 0 Å². The number of ether oxygens (including phenoxy) is 1. The molecule has 0 fully saturated rings. The van der Waals surface area contributed by atoms with Gasteiger partial charge in [-0.1, -0.05) is 17.7 Å². The molecule has 0 aliphatic heterocycles. The molecule has 0 aromatic heterocycles. The van der Waals surface area contributed by atoms with Crippen molar-refractivity contribution in [1.82, 2.24) is 0 Å². The van der Waals surface area contributed by atoms with Gasteiger partial charge in [0.05, 0.1) is 29.1 Å². The summed E-state index contributed by atoms with van der Waals surface area (Å²) in [5.74, 6) is -1.04. The van der Waals surface area contributed by atoms with Crippen molar-refractivity contribution in [2.75, 3.05) is 18.2 Å². The van der Waals surface area contributed by atoms with E-state index >= 15 is 0 Å². The third kappa shape index (κ3) is 2.83. The molecule has 0 radical (unpaired) electrons. The highest BCUT2D eigenvalue weighted by Gasteiger charge is 2.14. The van der Waals surface area contributed by atoms with Gasteiger partial charge in [0.1, 0.15) is 5.82 Å². The summed E-state index contributed by atoms with van der Waals surface area (Å²) in [4.78, 5) is 11.7. The summed E-state index contributed by atoms with van der Waals surface area (Å²) in [6.45, 7) is 0. The highest BCUT2D eigenvalue weighted by Crippen LogP contribution is 2.29. The number of hydrogen-bond acceptors (Lipinski definition) is 4. The average Bonchev–Trinajstić information content (AvgIpc) is 2.44. The molecule has 0 bridgehead atoms. The summed E-state index contributed by atoms with van der Waals surface area (Å²) < 4.78 is 17.8. The number of halogens is 2. The summed E-state index contributed by atoms with van der Waals surface area (Å²) >= 11 is 5.71. The van der Waals surface area contributed by atoms with Crippen molar-refractivity contribution in [3.63, 3.8) is 0 Å². The number of para-hydroxylation sites is 1. The Kier molecular flexibility index (Phi) is 4.10. The number of nitrogens with one attached hydrogen (secondary N) is 1. The predicted molar refractivity (Wildman–Crippen MR) is 76.9 cm³/mol. The monoisotopic (exact) mass is 294 g/mol. The van der Waals surface area contributed by atoms with Gasteiger partial charge >= 0.3 is 5.97 Å². The van der Waals surface area contributed by atoms with Crippen LogP contribution >= 0.6 is 11.6 Å². The molecule has 0 heterocycles. The Hall–Kier alpha value is -2.27. The van der Waals surface area contributed by atoms with Crippen LogP contribution in [0, 0.1) is 5.82 Å². The second kappa shape index (κ2) is 5.79. The van der Waals surface area contributed by atoms with E-state index in [4.69, 9.17) is 22.1 Å². The van der Waals surface area contributed by atoms with Crippen LogP contribution in [0.5, 0.6) is 0 Å². The molecule has 3 N–H and O–H groups in total. The maximum absolute atomic E-state index is 13.1. The van der Waals surface area contributed by atoms with Crippen molar-refractivity contribution < 1.29 is 13.9 Å². The van der Waals surface area contributed by atoms with Crippen LogP contribution in [0.3, 0.4) is 0 Å². The Morgan fingerprint density at radius 1 is 1.35 bits per heavy atom.